The molecule has 1 aliphatic rings. The number of carbonyl (C=O) groups is 1. The molecule has 0 unspecified atom stereocenters. The first-order valence-corrected chi connectivity index (χ1v) is 9.78. The van der Waals surface area contributed by atoms with Gasteiger partial charge in [0.1, 0.15) is 0 Å². The van der Waals surface area contributed by atoms with Crippen LogP contribution in [0.25, 0.3) is 0 Å². The number of rotatable bonds is 6. The predicted octanol–water partition coefficient (Wildman–Crippen LogP) is 2.24. The van der Waals surface area contributed by atoms with Crippen LogP contribution in [-0.4, -0.2) is 44.8 Å². The number of nitrogens with one attached hydrogen (secondary N) is 2. The smallest absolute Gasteiger partial charge is 0.245 e. The molecular formula is C20H23Cl2N4O+. The van der Waals surface area contributed by atoms with Crippen molar-refractivity contribution < 1.29 is 9.69 Å². The number of piperazine rings is 1. The SMILES string of the molecule is O=C(CC[NH+]1CCN(c2ccccc2)CC1)N/N=C\c1ccc(Cl)cc1Cl. The van der Waals surface area contributed by atoms with Crippen LogP contribution < -0.4 is 15.2 Å². The Labute approximate surface area is 169 Å². The van der Waals surface area contributed by atoms with E-state index in [1.165, 1.54) is 16.8 Å². The van der Waals surface area contributed by atoms with Crippen LogP contribution in [0.2, 0.25) is 10.0 Å². The molecule has 1 amide bonds. The number of quaternary nitrogens is 1. The van der Waals surface area contributed by atoms with Gasteiger partial charge in [-0.15, -0.1) is 0 Å². The Morgan fingerprint density at radius 1 is 1.15 bits per heavy atom. The Morgan fingerprint density at radius 2 is 1.89 bits per heavy atom. The lowest BCUT2D eigenvalue weighted by atomic mass is 10.2. The van der Waals surface area contributed by atoms with E-state index in [0.717, 1.165) is 32.7 Å². The van der Waals surface area contributed by atoms with E-state index in [2.05, 4.69) is 39.7 Å². The Hall–Kier alpha value is -2.08. The Bertz CT molecular complexity index is 790. The van der Waals surface area contributed by atoms with Crippen LogP contribution in [0.1, 0.15) is 12.0 Å². The molecule has 0 spiro atoms. The van der Waals surface area contributed by atoms with Gasteiger partial charge in [-0.2, -0.15) is 5.10 Å². The van der Waals surface area contributed by atoms with Gasteiger partial charge in [-0.05, 0) is 24.3 Å². The van der Waals surface area contributed by atoms with Crippen LogP contribution in [0.15, 0.2) is 53.6 Å². The number of anilines is 1. The molecule has 2 N–H and O–H groups in total. The summed E-state index contributed by atoms with van der Waals surface area (Å²) >= 11 is 11.9. The molecule has 0 aromatic heterocycles. The average molecular weight is 406 g/mol. The number of amides is 1. The molecule has 7 heteroatoms. The second-order valence-electron chi connectivity index (χ2n) is 6.53. The summed E-state index contributed by atoms with van der Waals surface area (Å²) in [4.78, 5) is 15.8. The minimum atomic E-state index is -0.0886. The molecule has 2 aromatic rings. The number of hydrazone groups is 1. The van der Waals surface area contributed by atoms with Gasteiger partial charge in [0.2, 0.25) is 5.91 Å². The molecule has 2 aromatic carbocycles. The van der Waals surface area contributed by atoms with Gasteiger partial charge < -0.3 is 9.80 Å². The summed E-state index contributed by atoms with van der Waals surface area (Å²) in [6, 6.07) is 15.6. The maximum Gasteiger partial charge on any atom is 0.245 e. The summed E-state index contributed by atoms with van der Waals surface area (Å²) < 4.78 is 0. The van der Waals surface area contributed by atoms with E-state index in [-0.39, 0.29) is 5.91 Å². The highest BCUT2D eigenvalue weighted by atomic mass is 35.5. The lowest BCUT2D eigenvalue weighted by molar-refractivity contribution is -0.900. The van der Waals surface area contributed by atoms with E-state index in [9.17, 15) is 4.79 Å². The van der Waals surface area contributed by atoms with Crippen molar-refractivity contribution in [2.45, 2.75) is 6.42 Å². The van der Waals surface area contributed by atoms with Gasteiger partial charge >= 0.3 is 0 Å². The number of para-hydroxylation sites is 1. The maximum absolute atomic E-state index is 12.0. The van der Waals surface area contributed by atoms with E-state index in [4.69, 9.17) is 23.2 Å². The summed E-state index contributed by atoms with van der Waals surface area (Å²) in [6.07, 6.45) is 1.98. The second-order valence-corrected chi connectivity index (χ2v) is 7.38. The van der Waals surface area contributed by atoms with E-state index in [1.807, 2.05) is 6.07 Å². The van der Waals surface area contributed by atoms with Gasteiger partial charge in [0.15, 0.2) is 0 Å². The molecule has 0 bridgehead atoms. The number of halogens is 2. The standard InChI is InChI=1S/C20H22Cl2N4O/c21-17-7-6-16(19(22)14-17)15-23-24-20(27)8-9-25-10-12-26(13-11-25)18-4-2-1-3-5-18/h1-7,14-15H,8-13H2,(H,24,27)/p+1/b23-15-. The molecular weight excluding hydrogens is 383 g/mol. The quantitative estimate of drug-likeness (QED) is 0.571. The fourth-order valence-corrected chi connectivity index (χ4v) is 3.55. The van der Waals surface area contributed by atoms with E-state index in [1.54, 1.807) is 18.2 Å². The van der Waals surface area contributed by atoms with Crippen molar-refractivity contribution in [2.24, 2.45) is 5.10 Å². The van der Waals surface area contributed by atoms with Crippen molar-refractivity contribution in [3.8, 4) is 0 Å². The zero-order valence-electron chi connectivity index (χ0n) is 15.0. The average Bonchev–Trinajstić information content (AvgIpc) is 2.69. The number of nitrogens with zero attached hydrogens (tertiary/aromatic N) is 2. The number of carbonyl (C=O) groups excluding carboxylic acids is 1. The zero-order chi connectivity index (χ0) is 19.1. The van der Waals surface area contributed by atoms with Gasteiger partial charge in [-0.25, -0.2) is 5.43 Å². The summed E-state index contributed by atoms with van der Waals surface area (Å²) in [7, 11) is 0. The summed E-state index contributed by atoms with van der Waals surface area (Å²) in [6.45, 7) is 4.89. The minimum Gasteiger partial charge on any atom is -0.360 e. The fourth-order valence-electron chi connectivity index (χ4n) is 3.10. The molecule has 1 saturated heterocycles. The third kappa shape index (κ3) is 5.96. The highest BCUT2D eigenvalue weighted by Crippen LogP contribution is 2.19. The van der Waals surface area contributed by atoms with Crippen molar-refractivity contribution in [2.75, 3.05) is 37.6 Å². The molecule has 1 heterocycles. The molecule has 27 heavy (non-hydrogen) atoms. The molecule has 3 rings (SSSR count). The molecule has 1 fully saturated rings. The normalized spacial score (nSPS) is 15.3. The van der Waals surface area contributed by atoms with Crippen LogP contribution in [0, 0.1) is 0 Å². The molecule has 142 valence electrons. The first kappa shape index (κ1) is 19.7. The van der Waals surface area contributed by atoms with Crippen molar-refractivity contribution in [3.63, 3.8) is 0 Å². The highest BCUT2D eigenvalue weighted by Gasteiger charge is 2.20. The first-order chi connectivity index (χ1) is 13.1. The molecule has 5 nitrogen and oxygen atoms in total. The fraction of sp³-hybridized carbons (Fsp3) is 0.300. The van der Waals surface area contributed by atoms with E-state index >= 15 is 0 Å². The van der Waals surface area contributed by atoms with Crippen molar-refractivity contribution in [3.05, 3.63) is 64.1 Å². The van der Waals surface area contributed by atoms with Gasteiger partial charge in [0, 0.05) is 16.3 Å². The second kappa shape index (κ2) is 9.74. The van der Waals surface area contributed by atoms with Crippen LogP contribution in [0.3, 0.4) is 0 Å². The molecule has 0 aliphatic carbocycles. The van der Waals surface area contributed by atoms with Crippen molar-refractivity contribution in [1.82, 2.24) is 5.43 Å². The highest BCUT2D eigenvalue weighted by molar-refractivity contribution is 6.36. The summed E-state index contributed by atoms with van der Waals surface area (Å²) in [5.74, 6) is -0.0886. The third-order valence-electron chi connectivity index (χ3n) is 4.65. The van der Waals surface area contributed by atoms with Gasteiger partial charge in [-0.1, -0.05) is 47.5 Å². The topological polar surface area (TPSA) is 49.1 Å². The Balaban J connectivity index is 1.38. The summed E-state index contributed by atoms with van der Waals surface area (Å²) in [5, 5.41) is 5.05. The summed E-state index contributed by atoms with van der Waals surface area (Å²) in [5.41, 5.74) is 4.54. The third-order valence-corrected chi connectivity index (χ3v) is 5.22. The zero-order valence-corrected chi connectivity index (χ0v) is 16.5. The van der Waals surface area contributed by atoms with Crippen molar-refractivity contribution >= 4 is 41.0 Å². The van der Waals surface area contributed by atoms with Crippen LogP contribution >= 0.6 is 23.2 Å². The minimum absolute atomic E-state index is 0.0886. The van der Waals surface area contributed by atoms with Gasteiger partial charge in [-0.3, -0.25) is 4.79 Å². The van der Waals surface area contributed by atoms with Gasteiger partial charge in [0.25, 0.3) is 0 Å². The monoisotopic (exact) mass is 405 g/mol. The van der Waals surface area contributed by atoms with Crippen LogP contribution in [0.5, 0.6) is 0 Å². The number of hydrogen-bond donors (Lipinski definition) is 2. The van der Waals surface area contributed by atoms with E-state index < -0.39 is 0 Å². The van der Waals surface area contributed by atoms with E-state index in [0.29, 0.717) is 22.0 Å². The lowest BCUT2D eigenvalue weighted by Crippen LogP contribution is -3.15. The molecule has 0 saturated carbocycles. The predicted molar refractivity (Wildman–Crippen MR) is 111 cm³/mol. The Kier molecular flexibility index (Phi) is 7.10. The largest absolute Gasteiger partial charge is 0.360 e. The first-order valence-electron chi connectivity index (χ1n) is 9.02. The molecule has 1 aliphatic heterocycles. The maximum atomic E-state index is 12.0. The number of benzene rings is 2. The Morgan fingerprint density at radius 3 is 2.59 bits per heavy atom. The molecule has 0 radical (unpaired) electrons. The van der Waals surface area contributed by atoms with Crippen LogP contribution in [-0.2, 0) is 4.79 Å². The van der Waals surface area contributed by atoms with Crippen molar-refractivity contribution in [1.29, 1.82) is 0 Å². The molecule has 0 atom stereocenters. The lowest BCUT2D eigenvalue weighted by Gasteiger charge is -2.33. The number of hydrogen-bond acceptors (Lipinski definition) is 3. The van der Waals surface area contributed by atoms with Crippen LogP contribution in [0.4, 0.5) is 5.69 Å². The van der Waals surface area contributed by atoms with Gasteiger partial charge in [0.05, 0.1) is 50.4 Å².